The molecule has 2 aromatic carbocycles. The summed E-state index contributed by atoms with van der Waals surface area (Å²) in [5.41, 5.74) is 1.59. The highest BCUT2D eigenvalue weighted by Crippen LogP contribution is 2.26. The number of hydrogen-bond acceptors (Lipinski definition) is 2. The molecule has 1 N–H and O–H groups in total. The molecule has 100 valence electrons. The minimum Gasteiger partial charge on any atom is -0.478 e. The molecule has 0 aliphatic carbocycles. The van der Waals surface area contributed by atoms with E-state index in [1.165, 1.54) is 6.07 Å². The van der Waals surface area contributed by atoms with Gasteiger partial charge < -0.3 is 5.11 Å². The van der Waals surface area contributed by atoms with E-state index < -0.39 is 17.3 Å². The summed E-state index contributed by atoms with van der Waals surface area (Å²) >= 11 is 0. The molecule has 3 nitrogen and oxygen atoms in total. The van der Waals surface area contributed by atoms with Crippen molar-refractivity contribution in [3.63, 3.8) is 0 Å². The van der Waals surface area contributed by atoms with Gasteiger partial charge in [-0.15, -0.1) is 0 Å². The lowest BCUT2D eigenvalue weighted by Gasteiger charge is -2.07. The van der Waals surface area contributed by atoms with E-state index in [0.29, 0.717) is 5.56 Å². The van der Waals surface area contributed by atoms with Crippen LogP contribution in [0.15, 0.2) is 36.4 Å². The standard InChI is InChI=1S/C16H12FNO2/c1-2-10-4-3-5-11(6-10)12-7-13(9-18)15(16(19)20)14(17)8-12/h3-8H,2H2,1H3,(H,19,20). The third-order valence-corrected chi connectivity index (χ3v) is 3.09. The van der Waals surface area contributed by atoms with E-state index >= 15 is 0 Å². The zero-order valence-corrected chi connectivity index (χ0v) is 10.9. The second kappa shape index (κ2) is 5.54. The Kier molecular flexibility index (Phi) is 3.81. The fourth-order valence-corrected chi connectivity index (χ4v) is 2.05. The summed E-state index contributed by atoms with van der Waals surface area (Å²) in [6.07, 6.45) is 0.842. The van der Waals surface area contributed by atoms with Gasteiger partial charge in [0, 0.05) is 0 Å². The molecule has 0 bridgehead atoms. The number of nitriles is 1. The lowest BCUT2D eigenvalue weighted by molar-refractivity contribution is 0.0691. The van der Waals surface area contributed by atoms with E-state index in [2.05, 4.69) is 0 Å². The maximum atomic E-state index is 13.9. The minimum atomic E-state index is -1.44. The molecule has 0 aliphatic rings. The summed E-state index contributed by atoms with van der Waals surface area (Å²) in [6, 6.07) is 11.8. The van der Waals surface area contributed by atoms with Gasteiger partial charge in [0.2, 0.25) is 0 Å². The number of nitrogens with zero attached hydrogens (tertiary/aromatic N) is 1. The lowest BCUT2D eigenvalue weighted by atomic mass is 9.97. The van der Waals surface area contributed by atoms with Crippen molar-refractivity contribution in [3.05, 3.63) is 58.9 Å². The summed E-state index contributed by atoms with van der Waals surface area (Å²) in [7, 11) is 0. The van der Waals surface area contributed by atoms with E-state index in [1.54, 1.807) is 12.1 Å². The van der Waals surface area contributed by atoms with Gasteiger partial charge in [-0.2, -0.15) is 5.26 Å². The van der Waals surface area contributed by atoms with Crippen molar-refractivity contribution >= 4 is 5.97 Å². The molecule has 0 aromatic heterocycles. The Morgan fingerprint density at radius 2 is 2.05 bits per heavy atom. The Labute approximate surface area is 115 Å². The van der Waals surface area contributed by atoms with Crippen LogP contribution in [0.2, 0.25) is 0 Å². The van der Waals surface area contributed by atoms with Gasteiger partial charge in [-0.25, -0.2) is 9.18 Å². The predicted octanol–water partition coefficient (Wildman–Crippen LogP) is 3.62. The average molecular weight is 269 g/mol. The molecule has 0 atom stereocenters. The Hall–Kier alpha value is -2.67. The molecule has 0 saturated heterocycles. The third kappa shape index (κ3) is 2.52. The van der Waals surface area contributed by atoms with Gasteiger partial charge >= 0.3 is 5.97 Å². The lowest BCUT2D eigenvalue weighted by Crippen LogP contribution is -2.04. The van der Waals surface area contributed by atoms with Gasteiger partial charge in [-0.05, 0) is 35.2 Å². The second-order valence-corrected chi connectivity index (χ2v) is 4.35. The van der Waals surface area contributed by atoms with E-state index in [-0.39, 0.29) is 5.56 Å². The van der Waals surface area contributed by atoms with E-state index in [1.807, 2.05) is 25.1 Å². The number of rotatable bonds is 3. The highest BCUT2D eigenvalue weighted by Gasteiger charge is 2.18. The summed E-state index contributed by atoms with van der Waals surface area (Å²) in [5, 5.41) is 17.9. The quantitative estimate of drug-likeness (QED) is 0.925. The number of hydrogen-bond donors (Lipinski definition) is 1. The van der Waals surface area contributed by atoms with Crippen molar-refractivity contribution in [2.45, 2.75) is 13.3 Å². The Balaban J connectivity index is 2.62. The molecule has 0 heterocycles. The van der Waals surface area contributed by atoms with Crippen molar-refractivity contribution in [3.8, 4) is 17.2 Å². The first kappa shape index (κ1) is 13.8. The van der Waals surface area contributed by atoms with Crippen LogP contribution in [-0.2, 0) is 6.42 Å². The molecule has 0 spiro atoms. The fourth-order valence-electron chi connectivity index (χ4n) is 2.05. The topological polar surface area (TPSA) is 61.1 Å². The van der Waals surface area contributed by atoms with Crippen molar-refractivity contribution in [2.75, 3.05) is 0 Å². The van der Waals surface area contributed by atoms with E-state index in [0.717, 1.165) is 23.6 Å². The molecule has 2 aromatic rings. The number of aryl methyl sites for hydroxylation is 1. The number of carboxylic acids is 1. The van der Waals surface area contributed by atoms with Crippen LogP contribution in [0, 0.1) is 17.1 Å². The predicted molar refractivity (Wildman–Crippen MR) is 72.9 cm³/mol. The molecule has 0 unspecified atom stereocenters. The number of halogens is 1. The number of carboxylic acid groups (broad SMARTS) is 1. The van der Waals surface area contributed by atoms with Crippen LogP contribution in [0.3, 0.4) is 0 Å². The Morgan fingerprint density at radius 1 is 1.30 bits per heavy atom. The zero-order valence-electron chi connectivity index (χ0n) is 10.9. The summed E-state index contributed by atoms with van der Waals surface area (Å²) < 4.78 is 13.9. The maximum absolute atomic E-state index is 13.9. The van der Waals surface area contributed by atoms with Crippen LogP contribution in [0.25, 0.3) is 11.1 Å². The third-order valence-electron chi connectivity index (χ3n) is 3.09. The molecule has 0 aliphatic heterocycles. The molecule has 0 amide bonds. The van der Waals surface area contributed by atoms with E-state index in [9.17, 15) is 9.18 Å². The monoisotopic (exact) mass is 269 g/mol. The number of carbonyl (C=O) groups is 1. The number of benzene rings is 2. The molecule has 20 heavy (non-hydrogen) atoms. The van der Waals surface area contributed by atoms with Crippen molar-refractivity contribution in [1.82, 2.24) is 0 Å². The first-order chi connectivity index (χ1) is 9.56. The van der Waals surface area contributed by atoms with Gasteiger partial charge in [0.05, 0.1) is 5.56 Å². The largest absolute Gasteiger partial charge is 0.478 e. The average Bonchev–Trinajstić information content (AvgIpc) is 2.45. The first-order valence-corrected chi connectivity index (χ1v) is 6.13. The van der Waals surface area contributed by atoms with Crippen molar-refractivity contribution in [2.24, 2.45) is 0 Å². The molecule has 2 rings (SSSR count). The van der Waals surface area contributed by atoms with Gasteiger partial charge in [0.1, 0.15) is 17.4 Å². The molecular weight excluding hydrogens is 257 g/mol. The summed E-state index contributed by atoms with van der Waals surface area (Å²) in [6.45, 7) is 2.01. The molecule has 0 saturated carbocycles. The van der Waals surface area contributed by atoms with Crippen LogP contribution >= 0.6 is 0 Å². The minimum absolute atomic E-state index is 0.172. The normalized spacial score (nSPS) is 10.1. The van der Waals surface area contributed by atoms with Crippen LogP contribution in [0.1, 0.15) is 28.4 Å². The fraction of sp³-hybridized carbons (Fsp3) is 0.125. The molecular formula is C16H12FNO2. The van der Waals surface area contributed by atoms with Crippen molar-refractivity contribution in [1.29, 1.82) is 5.26 Å². The molecule has 0 fully saturated rings. The first-order valence-electron chi connectivity index (χ1n) is 6.13. The van der Waals surface area contributed by atoms with Gasteiger partial charge in [0.15, 0.2) is 0 Å². The van der Waals surface area contributed by atoms with Crippen LogP contribution in [0.4, 0.5) is 4.39 Å². The van der Waals surface area contributed by atoms with Gasteiger partial charge in [-0.1, -0.05) is 31.2 Å². The highest BCUT2D eigenvalue weighted by atomic mass is 19.1. The highest BCUT2D eigenvalue weighted by molar-refractivity contribution is 5.92. The summed E-state index contributed by atoms with van der Waals surface area (Å²) in [5.74, 6) is -2.33. The second-order valence-electron chi connectivity index (χ2n) is 4.35. The SMILES string of the molecule is CCc1cccc(-c2cc(F)c(C(=O)O)c(C#N)c2)c1. The van der Waals surface area contributed by atoms with Gasteiger partial charge in [0.25, 0.3) is 0 Å². The number of aromatic carboxylic acids is 1. The van der Waals surface area contributed by atoms with Gasteiger partial charge in [-0.3, -0.25) is 0 Å². The summed E-state index contributed by atoms with van der Waals surface area (Å²) in [4.78, 5) is 11.0. The van der Waals surface area contributed by atoms with Crippen LogP contribution < -0.4 is 0 Å². The smallest absolute Gasteiger partial charge is 0.340 e. The Morgan fingerprint density at radius 3 is 2.65 bits per heavy atom. The Bertz CT molecular complexity index is 717. The van der Waals surface area contributed by atoms with Crippen LogP contribution in [-0.4, -0.2) is 11.1 Å². The maximum Gasteiger partial charge on any atom is 0.340 e. The van der Waals surface area contributed by atoms with E-state index in [4.69, 9.17) is 10.4 Å². The molecule has 4 heteroatoms. The van der Waals surface area contributed by atoms with Crippen LogP contribution in [0.5, 0.6) is 0 Å². The molecule has 0 radical (unpaired) electrons. The zero-order chi connectivity index (χ0) is 14.7. The van der Waals surface area contributed by atoms with Crippen molar-refractivity contribution < 1.29 is 14.3 Å².